The van der Waals surface area contributed by atoms with Crippen LogP contribution in [0.1, 0.15) is 25.8 Å². The number of hydrogen-bond acceptors (Lipinski definition) is 3. The highest BCUT2D eigenvalue weighted by Crippen LogP contribution is 2.17. The third-order valence-electron chi connectivity index (χ3n) is 3.03. The number of benzene rings is 1. The molecule has 1 aromatic rings. The van der Waals surface area contributed by atoms with Crippen LogP contribution < -0.4 is 9.62 Å². The summed E-state index contributed by atoms with van der Waals surface area (Å²) in [6.07, 6.45) is 1.90. The summed E-state index contributed by atoms with van der Waals surface area (Å²) in [7, 11) is -3.50. The molecule has 0 bridgehead atoms. The molecular weight excluding hydrogens is 276 g/mol. The number of nitrogens with zero attached hydrogens (tertiary/aromatic N) is 1. The van der Waals surface area contributed by atoms with Gasteiger partial charge in [-0.25, -0.2) is 8.42 Å². The Labute approximate surface area is 121 Å². The van der Waals surface area contributed by atoms with E-state index in [-0.39, 0.29) is 18.5 Å². The van der Waals surface area contributed by atoms with Crippen LogP contribution in [-0.4, -0.2) is 33.2 Å². The zero-order valence-electron chi connectivity index (χ0n) is 12.4. The number of anilines is 1. The molecule has 20 heavy (non-hydrogen) atoms. The molecule has 0 unspecified atom stereocenters. The second-order valence-corrected chi connectivity index (χ2v) is 6.89. The smallest absolute Gasteiger partial charge is 0.240 e. The van der Waals surface area contributed by atoms with Crippen LogP contribution in [0.25, 0.3) is 0 Å². The first kappa shape index (κ1) is 16.5. The predicted octanol–water partition coefficient (Wildman–Crippen LogP) is 1.68. The van der Waals surface area contributed by atoms with E-state index in [1.807, 2.05) is 32.9 Å². The summed E-state index contributed by atoms with van der Waals surface area (Å²) >= 11 is 0. The van der Waals surface area contributed by atoms with Gasteiger partial charge in [0, 0.05) is 6.04 Å². The molecule has 0 aliphatic carbocycles. The molecule has 1 atom stereocenters. The van der Waals surface area contributed by atoms with E-state index in [1.165, 1.54) is 0 Å². The molecule has 0 aromatic heterocycles. The fourth-order valence-electron chi connectivity index (χ4n) is 1.66. The average molecular weight is 298 g/mol. The predicted molar refractivity (Wildman–Crippen MR) is 81.3 cm³/mol. The lowest BCUT2D eigenvalue weighted by molar-refractivity contribution is -0.120. The van der Waals surface area contributed by atoms with Crippen LogP contribution in [0, 0.1) is 6.92 Å². The molecule has 0 fully saturated rings. The highest BCUT2D eigenvalue weighted by molar-refractivity contribution is 7.92. The number of nitrogens with one attached hydrogen (secondary N) is 1. The summed E-state index contributed by atoms with van der Waals surface area (Å²) in [6.45, 7) is 5.56. The highest BCUT2D eigenvalue weighted by Gasteiger charge is 2.21. The van der Waals surface area contributed by atoms with E-state index in [1.54, 1.807) is 12.1 Å². The maximum Gasteiger partial charge on any atom is 0.240 e. The molecule has 112 valence electrons. The van der Waals surface area contributed by atoms with Crippen LogP contribution in [0.5, 0.6) is 0 Å². The largest absolute Gasteiger partial charge is 0.352 e. The summed E-state index contributed by atoms with van der Waals surface area (Å²) in [5, 5.41) is 2.77. The van der Waals surface area contributed by atoms with E-state index < -0.39 is 10.0 Å². The highest BCUT2D eigenvalue weighted by atomic mass is 32.2. The number of aryl methyl sites for hydroxylation is 1. The molecule has 1 N–H and O–H groups in total. The monoisotopic (exact) mass is 298 g/mol. The molecule has 0 saturated heterocycles. The topological polar surface area (TPSA) is 66.5 Å². The van der Waals surface area contributed by atoms with E-state index in [0.717, 1.165) is 22.5 Å². The Morgan fingerprint density at radius 1 is 1.30 bits per heavy atom. The molecular formula is C14H22N2O3S. The molecule has 0 spiro atoms. The van der Waals surface area contributed by atoms with Crippen LogP contribution >= 0.6 is 0 Å². The minimum Gasteiger partial charge on any atom is -0.352 e. The Hall–Kier alpha value is -1.56. The second-order valence-electron chi connectivity index (χ2n) is 4.98. The average Bonchev–Trinajstić information content (AvgIpc) is 2.36. The standard InChI is InChI=1S/C14H22N2O3S/c1-5-12(3)15-14(17)10-16(20(4,18)19)13-8-6-11(2)7-9-13/h6-9,12H,5,10H2,1-4H3,(H,15,17)/t12-/m1/s1. The fourth-order valence-corrected chi connectivity index (χ4v) is 2.52. The van der Waals surface area contributed by atoms with Crippen molar-refractivity contribution in [1.29, 1.82) is 0 Å². The van der Waals surface area contributed by atoms with Gasteiger partial charge in [0.05, 0.1) is 11.9 Å². The van der Waals surface area contributed by atoms with Gasteiger partial charge in [0.2, 0.25) is 15.9 Å². The minimum atomic E-state index is -3.50. The van der Waals surface area contributed by atoms with Crippen LogP contribution in [0.2, 0.25) is 0 Å². The summed E-state index contributed by atoms with van der Waals surface area (Å²) in [4.78, 5) is 11.9. The third-order valence-corrected chi connectivity index (χ3v) is 4.17. The van der Waals surface area contributed by atoms with Gasteiger partial charge >= 0.3 is 0 Å². The van der Waals surface area contributed by atoms with Crippen molar-refractivity contribution in [2.45, 2.75) is 33.2 Å². The molecule has 0 saturated carbocycles. The lowest BCUT2D eigenvalue weighted by Crippen LogP contribution is -2.43. The lowest BCUT2D eigenvalue weighted by atomic mass is 10.2. The van der Waals surface area contributed by atoms with Gasteiger partial charge in [0.25, 0.3) is 0 Å². The number of sulfonamides is 1. The molecule has 1 rings (SSSR count). The zero-order valence-corrected chi connectivity index (χ0v) is 13.2. The molecule has 6 heteroatoms. The Kier molecular flexibility index (Phi) is 5.56. The molecule has 0 heterocycles. The van der Waals surface area contributed by atoms with Gasteiger partial charge in [0.1, 0.15) is 6.54 Å². The van der Waals surface area contributed by atoms with Crippen LogP contribution in [0.15, 0.2) is 24.3 Å². The number of hydrogen-bond donors (Lipinski definition) is 1. The Bertz CT molecular complexity index is 552. The zero-order chi connectivity index (χ0) is 15.3. The van der Waals surface area contributed by atoms with Crippen LogP contribution in [0.3, 0.4) is 0 Å². The maximum atomic E-state index is 11.9. The fraction of sp³-hybridized carbons (Fsp3) is 0.500. The Morgan fingerprint density at radius 2 is 1.85 bits per heavy atom. The van der Waals surface area contributed by atoms with Gasteiger partial charge in [-0.05, 0) is 32.4 Å². The first-order valence-electron chi connectivity index (χ1n) is 6.57. The van der Waals surface area contributed by atoms with Crippen molar-refractivity contribution in [1.82, 2.24) is 5.32 Å². The Morgan fingerprint density at radius 3 is 2.30 bits per heavy atom. The van der Waals surface area contributed by atoms with Crippen molar-refractivity contribution < 1.29 is 13.2 Å². The minimum absolute atomic E-state index is 0.0296. The quantitative estimate of drug-likeness (QED) is 0.869. The van der Waals surface area contributed by atoms with Gasteiger partial charge in [-0.15, -0.1) is 0 Å². The second kappa shape index (κ2) is 6.74. The first-order valence-corrected chi connectivity index (χ1v) is 8.42. The number of carbonyl (C=O) groups is 1. The van der Waals surface area contributed by atoms with E-state index >= 15 is 0 Å². The summed E-state index contributed by atoms with van der Waals surface area (Å²) < 4.78 is 24.8. The number of amides is 1. The van der Waals surface area contributed by atoms with Crippen molar-refractivity contribution in [3.05, 3.63) is 29.8 Å². The molecule has 0 aliphatic rings. The summed E-state index contributed by atoms with van der Waals surface area (Å²) in [5.74, 6) is -0.301. The molecule has 1 aromatic carbocycles. The van der Waals surface area contributed by atoms with E-state index in [0.29, 0.717) is 5.69 Å². The Balaban J connectivity index is 2.92. The number of rotatable bonds is 6. The van der Waals surface area contributed by atoms with E-state index in [2.05, 4.69) is 5.32 Å². The van der Waals surface area contributed by atoms with Crippen molar-refractivity contribution in [3.8, 4) is 0 Å². The number of carbonyl (C=O) groups excluding carboxylic acids is 1. The van der Waals surface area contributed by atoms with Crippen molar-refractivity contribution in [2.75, 3.05) is 17.1 Å². The van der Waals surface area contributed by atoms with Crippen molar-refractivity contribution in [2.24, 2.45) is 0 Å². The first-order chi connectivity index (χ1) is 9.24. The maximum absolute atomic E-state index is 11.9. The normalized spacial score (nSPS) is 12.8. The van der Waals surface area contributed by atoms with Crippen molar-refractivity contribution >= 4 is 21.6 Å². The molecule has 0 radical (unpaired) electrons. The lowest BCUT2D eigenvalue weighted by Gasteiger charge is -2.23. The van der Waals surface area contributed by atoms with E-state index in [4.69, 9.17) is 0 Å². The van der Waals surface area contributed by atoms with Gasteiger partial charge in [-0.2, -0.15) is 0 Å². The van der Waals surface area contributed by atoms with Gasteiger partial charge < -0.3 is 5.32 Å². The molecule has 1 amide bonds. The molecule has 0 aliphatic heterocycles. The molecule has 5 nitrogen and oxygen atoms in total. The van der Waals surface area contributed by atoms with E-state index in [9.17, 15) is 13.2 Å². The van der Waals surface area contributed by atoms with Crippen LogP contribution in [-0.2, 0) is 14.8 Å². The summed E-state index contributed by atoms with van der Waals surface area (Å²) in [6, 6.07) is 7.07. The third kappa shape index (κ3) is 4.85. The SMILES string of the molecule is CC[C@@H](C)NC(=O)CN(c1ccc(C)cc1)S(C)(=O)=O. The van der Waals surface area contributed by atoms with Gasteiger partial charge in [0.15, 0.2) is 0 Å². The van der Waals surface area contributed by atoms with Crippen molar-refractivity contribution in [3.63, 3.8) is 0 Å². The van der Waals surface area contributed by atoms with Crippen LogP contribution in [0.4, 0.5) is 5.69 Å². The van der Waals surface area contributed by atoms with Gasteiger partial charge in [-0.3, -0.25) is 9.10 Å². The van der Waals surface area contributed by atoms with Gasteiger partial charge in [-0.1, -0.05) is 24.6 Å². The summed E-state index contributed by atoms with van der Waals surface area (Å²) in [5.41, 5.74) is 1.53.